The molecule has 6 aromatic rings. The first-order valence-corrected chi connectivity index (χ1v) is 13.2. The molecule has 1 aliphatic rings. The molecule has 8 nitrogen and oxygen atoms in total. The molecule has 0 aliphatic carbocycles. The summed E-state index contributed by atoms with van der Waals surface area (Å²) in [4.78, 5) is 37.5. The number of aromatic amines is 2. The number of nitrogens with one attached hydrogen (secondary N) is 2. The lowest BCUT2D eigenvalue weighted by Gasteiger charge is -2.25. The normalized spacial score (nSPS) is 14.0. The summed E-state index contributed by atoms with van der Waals surface area (Å²) in [6.45, 7) is 1.79. The molecule has 4 heterocycles. The second kappa shape index (κ2) is 9.22. The van der Waals surface area contributed by atoms with Gasteiger partial charge in [0.05, 0.1) is 29.1 Å². The van der Waals surface area contributed by atoms with E-state index in [1.807, 2.05) is 54.6 Å². The second-order valence-corrected chi connectivity index (χ2v) is 10.4. The lowest BCUT2D eigenvalue weighted by Crippen LogP contribution is -2.25. The first-order valence-electron chi connectivity index (χ1n) is 12.4. The van der Waals surface area contributed by atoms with E-state index in [-0.39, 0.29) is 17.3 Å². The fourth-order valence-corrected chi connectivity index (χ4v) is 5.67. The minimum Gasteiger partial charge on any atom is -0.420 e. The van der Waals surface area contributed by atoms with Gasteiger partial charge in [0.2, 0.25) is 11.8 Å². The Labute approximate surface area is 237 Å². The van der Waals surface area contributed by atoms with Crippen LogP contribution in [-0.4, -0.2) is 30.6 Å². The van der Waals surface area contributed by atoms with Crippen molar-refractivity contribution in [1.82, 2.24) is 24.7 Å². The van der Waals surface area contributed by atoms with E-state index in [1.54, 1.807) is 25.1 Å². The van der Waals surface area contributed by atoms with Gasteiger partial charge in [0.1, 0.15) is 5.69 Å². The van der Waals surface area contributed by atoms with Crippen molar-refractivity contribution in [2.75, 3.05) is 0 Å². The predicted molar refractivity (Wildman–Crippen MR) is 153 cm³/mol. The summed E-state index contributed by atoms with van der Waals surface area (Å²) in [5.41, 5.74) is 4.54. The summed E-state index contributed by atoms with van der Waals surface area (Å²) in [7, 11) is 0. The molecule has 0 bridgehead atoms. The van der Waals surface area contributed by atoms with Gasteiger partial charge in [-0.25, -0.2) is 4.98 Å². The number of H-pyrrole nitrogens is 2. The maximum atomic E-state index is 14.3. The number of halogens is 2. The molecule has 0 amide bonds. The van der Waals surface area contributed by atoms with Crippen molar-refractivity contribution in [1.29, 1.82) is 0 Å². The molecule has 40 heavy (non-hydrogen) atoms. The van der Waals surface area contributed by atoms with Crippen LogP contribution in [0.2, 0.25) is 10.0 Å². The van der Waals surface area contributed by atoms with E-state index in [0.29, 0.717) is 38.1 Å². The Balaban J connectivity index is 1.45. The number of benzene rings is 3. The zero-order valence-electron chi connectivity index (χ0n) is 20.9. The molecule has 10 heteroatoms. The molecule has 0 fully saturated rings. The number of fused-ring (bicyclic) bond motifs is 3. The van der Waals surface area contributed by atoms with Crippen LogP contribution in [0, 0.1) is 6.92 Å². The second-order valence-electron chi connectivity index (χ2n) is 9.49. The molecular weight excluding hydrogens is 549 g/mol. The van der Waals surface area contributed by atoms with Crippen LogP contribution in [0.15, 0.2) is 83.9 Å². The van der Waals surface area contributed by atoms with Gasteiger partial charge in [0.25, 0.3) is 11.5 Å². The van der Waals surface area contributed by atoms with Crippen molar-refractivity contribution in [2.24, 2.45) is 0 Å². The van der Waals surface area contributed by atoms with Crippen LogP contribution in [0.3, 0.4) is 0 Å². The first kappa shape index (κ1) is 24.4. The van der Waals surface area contributed by atoms with Crippen LogP contribution in [0.25, 0.3) is 22.0 Å². The average Bonchev–Trinajstić information content (AvgIpc) is 3.50. The molecule has 3 aromatic carbocycles. The third-order valence-electron chi connectivity index (χ3n) is 7.12. The van der Waals surface area contributed by atoms with Crippen LogP contribution in [0.4, 0.5) is 0 Å². The average molecular weight is 568 g/mol. The van der Waals surface area contributed by atoms with Crippen molar-refractivity contribution in [3.63, 3.8) is 0 Å². The first-order chi connectivity index (χ1) is 19.4. The van der Waals surface area contributed by atoms with Gasteiger partial charge in [-0.15, -0.1) is 0 Å². The highest BCUT2D eigenvalue weighted by Crippen LogP contribution is 2.47. The summed E-state index contributed by atoms with van der Waals surface area (Å²) in [5.74, 6) is -0.704. The van der Waals surface area contributed by atoms with Gasteiger partial charge in [-0.1, -0.05) is 65.7 Å². The van der Waals surface area contributed by atoms with Gasteiger partial charge in [0, 0.05) is 26.5 Å². The van der Waals surface area contributed by atoms with Crippen LogP contribution in [-0.2, 0) is 0 Å². The maximum absolute atomic E-state index is 14.3. The molecule has 1 unspecified atom stereocenters. The Bertz CT molecular complexity index is 2010. The van der Waals surface area contributed by atoms with E-state index in [1.165, 1.54) is 11.0 Å². The number of hydrogen-bond acceptors (Lipinski definition) is 5. The molecule has 0 radical (unpaired) electrons. The number of carbonyl (C=O) groups is 1. The number of aromatic nitrogens is 5. The zero-order chi connectivity index (χ0) is 27.5. The SMILES string of the molecule is Cc1nn(C(=O)c2[nH]c3ccc(Cl)cc3c2-c2ccccc2)c2c1C(c1ccc(Cl)cc1)c1c(nc[nH]c1=O)O2. The number of aryl methyl sites for hydroxylation is 1. The highest BCUT2D eigenvalue weighted by Gasteiger charge is 2.39. The summed E-state index contributed by atoms with van der Waals surface area (Å²) >= 11 is 12.5. The van der Waals surface area contributed by atoms with E-state index in [2.05, 4.69) is 20.1 Å². The van der Waals surface area contributed by atoms with Crippen LogP contribution < -0.4 is 10.3 Å². The summed E-state index contributed by atoms with van der Waals surface area (Å²) in [5, 5.41) is 6.55. The summed E-state index contributed by atoms with van der Waals surface area (Å²) < 4.78 is 7.39. The third-order valence-corrected chi connectivity index (χ3v) is 7.61. The third kappa shape index (κ3) is 3.76. The largest absolute Gasteiger partial charge is 0.420 e. The van der Waals surface area contributed by atoms with Gasteiger partial charge in [-0.05, 0) is 48.4 Å². The molecule has 196 valence electrons. The van der Waals surface area contributed by atoms with E-state index < -0.39 is 11.8 Å². The van der Waals surface area contributed by atoms with Crippen molar-refractivity contribution >= 4 is 40.0 Å². The van der Waals surface area contributed by atoms with Crippen molar-refractivity contribution in [2.45, 2.75) is 12.8 Å². The molecule has 0 saturated carbocycles. The molecule has 1 aliphatic heterocycles. The van der Waals surface area contributed by atoms with Crippen LogP contribution >= 0.6 is 23.2 Å². The molecule has 2 N–H and O–H groups in total. The van der Waals surface area contributed by atoms with Gasteiger partial charge in [-0.3, -0.25) is 9.59 Å². The molecule has 7 rings (SSSR count). The number of ether oxygens (including phenoxy) is 1. The van der Waals surface area contributed by atoms with Crippen molar-refractivity contribution < 1.29 is 9.53 Å². The molecular formula is C30H19Cl2N5O3. The monoisotopic (exact) mass is 567 g/mol. The van der Waals surface area contributed by atoms with E-state index in [9.17, 15) is 9.59 Å². The molecule has 0 saturated heterocycles. The van der Waals surface area contributed by atoms with E-state index in [4.69, 9.17) is 27.9 Å². The fraction of sp³-hybridized carbons (Fsp3) is 0.0667. The quantitative estimate of drug-likeness (QED) is 0.247. The topological polar surface area (TPSA) is 106 Å². The number of hydrogen-bond donors (Lipinski definition) is 2. The van der Waals surface area contributed by atoms with E-state index >= 15 is 0 Å². The Morgan fingerprint density at radius 1 is 0.975 bits per heavy atom. The summed E-state index contributed by atoms with van der Waals surface area (Å²) in [6, 6.07) is 22.2. The zero-order valence-corrected chi connectivity index (χ0v) is 22.4. The smallest absolute Gasteiger partial charge is 0.298 e. The highest BCUT2D eigenvalue weighted by molar-refractivity contribution is 6.31. The van der Waals surface area contributed by atoms with Gasteiger partial charge >= 0.3 is 0 Å². The van der Waals surface area contributed by atoms with Crippen LogP contribution in [0.1, 0.15) is 38.8 Å². The van der Waals surface area contributed by atoms with Gasteiger partial charge in [0.15, 0.2) is 0 Å². The lowest BCUT2D eigenvalue weighted by atomic mass is 9.85. The standard InChI is InChI=1S/C30H19Cl2N5O3/c1-15-22-24(17-7-9-18(31)10-8-17)25-27(38)33-14-34-28(25)40-30(22)37(36-15)29(39)26-23(16-5-3-2-4-6-16)20-13-19(32)11-12-21(20)35-26/h2-14,24,35H,1H3,(H,33,34,38). The van der Waals surface area contributed by atoms with Crippen molar-refractivity contribution in [3.05, 3.63) is 128 Å². The fourth-order valence-electron chi connectivity index (χ4n) is 5.38. The minimum absolute atomic E-state index is 0.108. The van der Waals surface area contributed by atoms with Crippen molar-refractivity contribution in [3.8, 4) is 22.9 Å². The summed E-state index contributed by atoms with van der Waals surface area (Å²) in [6.07, 6.45) is 1.27. The van der Waals surface area contributed by atoms with Gasteiger partial charge in [-0.2, -0.15) is 9.78 Å². The minimum atomic E-state index is -0.579. The Morgan fingerprint density at radius 3 is 2.50 bits per heavy atom. The molecule has 1 atom stereocenters. The van der Waals surface area contributed by atoms with E-state index in [0.717, 1.165) is 22.0 Å². The highest BCUT2D eigenvalue weighted by atomic mass is 35.5. The van der Waals surface area contributed by atoms with Gasteiger partial charge < -0.3 is 14.7 Å². The number of carbonyl (C=O) groups excluding carboxylic acids is 1. The number of nitrogens with zero attached hydrogens (tertiary/aromatic N) is 3. The Morgan fingerprint density at radius 2 is 1.73 bits per heavy atom. The lowest BCUT2D eigenvalue weighted by molar-refractivity contribution is 0.0931. The Hall–Kier alpha value is -4.66. The predicted octanol–water partition coefficient (Wildman–Crippen LogP) is 6.70. The molecule has 3 aromatic heterocycles. The maximum Gasteiger partial charge on any atom is 0.298 e. The Kier molecular flexibility index (Phi) is 5.62. The van der Waals surface area contributed by atoms with Crippen LogP contribution in [0.5, 0.6) is 11.8 Å². The molecule has 0 spiro atoms. The number of rotatable bonds is 3.